The zero-order chi connectivity index (χ0) is 23.6. The summed E-state index contributed by atoms with van der Waals surface area (Å²) >= 11 is 3.11. The summed E-state index contributed by atoms with van der Waals surface area (Å²) in [5.74, 6) is 1.23. The topological polar surface area (TPSA) is 89.9 Å². The van der Waals surface area contributed by atoms with Crippen molar-refractivity contribution in [3.05, 3.63) is 58.7 Å². The van der Waals surface area contributed by atoms with Crippen molar-refractivity contribution in [2.45, 2.75) is 42.1 Å². The Bertz CT molecular complexity index is 1010. The molecular weight excluding hydrogens is 494 g/mol. The van der Waals surface area contributed by atoms with Crippen LogP contribution in [0.15, 0.2) is 46.2 Å². The summed E-state index contributed by atoms with van der Waals surface area (Å²) in [7, 11) is 1.35. The molecule has 3 aliphatic heterocycles. The maximum Gasteiger partial charge on any atom is 1.00 e. The molecule has 35 heavy (non-hydrogen) atoms. The molecule has 2 aromatic carbocycles. The number of methoxy groups -OCH3 is 1. The molecule has 0 amide bonds. The monoisotopic (exact) mass is 526 g/mol. The second kappa shape index (κ2) is 16.7. The van der Waals surface area contributed by atoms with Gasteiger partial charge in [0.2, 0.25) is 0 Å². The average molecular weight is 527 g/mol. The van der Waals surface area contributed by atoms with Crippen molar-refractivity contribution in [1.29, 1.82) is 0 Å². The number of rotatable bonds is 2. The number of Topliss-reactive ketones (excluding diaryl/α,β-unsaturated/α-hetero) is 2. The van der Waals surface area contributed by atoms with E-state index in [9.17, 15) is 14.4 Å². The van der Waals surface area contributed by atoms with Gasteiger partial charge in [0.1, 0.15) is 11.6 Å². The quantitative estimate of drug-likeness (QED) is 0.426. The van der Waals surface area contributed by atoms with Gasteiger partial charge in [-0.1, -0.05) is 12.1 Å². The van der Waals surface area contributed by atoms with Crippen LogP contribution < -0.4 is 18.9 Å². The van der Waals surface area contributed by atoms with E-state index in [1.807, 2.05) is 24.3 Å². The second-order valence-corrected chi connectivity index (χ2v) is 9.78. The first-order valence-corrected chi connectivity index (χ1v) is 12.8. The Morgan fingerprint density at radius 2 is 1.51 bits per heavy atom. The molecule has 3 aliphatic rings. The minimum Gasteiger partial charge on any atom is -1.00 e. The third kappa shape index (κ3) is 10.1. The van der Waals surface area contributed by atoms with Gasteiger partial charge in [-0.25, -0.2) is 4.79 Å². The number of aliphatic hydroxyl groups is 1. The van der Waals surface area contributed by atoms with Crippen LogP contribution in [0.4, 0.5) is 0 Å². The molecule has 0 unspecified atom stereocenters. The maximum atomic E-state index is 11.3. The van der Waals surface area contributed by atoms with Crippen molar-refractivity contribution in [2.24, 2.45) is 0 Å². The summed E-state index contributed by atoms with van der Waals surface area (Å²) < 4.78 is 9.57. The standard InChI is InChI=1S/C11H10O3S.C10H10O2S.C4H8O.Al.Li.4H/c1-14-11(13)7-2-3-10-8(4-7)5-9(12)6-15-10;11-5-7-1-2-10-8(3-7)4-9(12)6-13-10;1-2-4-5-3-1;;;;;;/h2-4H,5-6H2,1H3;1-3,11H,4-6H2;1-4H2;;;;;;/q;;;;+1;;;;-1. The van der Waals surface area contributed by atoms with Crippen LogP contribution in [0.25, 0.3) is 0 Å². The Hall–Kier alpha value is -1.00. The molecule has 6 nitrogen and oxygen atoms in total. The summed E-state index contributed by atoms with van der Waals surface area (Å²) in [5.41, 5.74) is 3.38. The van der Waals surface area contributed by atoms with Crippen LogP contribution in [-0.2, 0) is 38.5 Å². The smallest absolute Gasteiger partial charge is 1.00 e. The third-order valence-electron chi connectivity index (χ3n) is 5.17. The molecule has 0 aliphatic carbocycles. The molecule has 10 heteroatoms. The van der Waals surface area contributed by atoms with Crippen molar-refractivity contribution >= 4 is 58.4 Å². The van der Waals surface area contributed by atoms with Crippen LogP contribution in [0.1, 0.15) is 41.3 Å². The molecule has 0 atom stereocenters. The SMILES string of the molecule is C1CCOC1.COC(=O)c1ccc2c(c1)CC(=O)CS2.O=C1CSc2ccc(CO)cc2C1.[AlH3].[H-].[Li+]. The number of hydrogen-bond donors (Lipinski definition) is 1. The minimum atomic E-state index is -0.360. The molecule has 1 fully saturated rings. The van der Waals surface area contributed by atoms with Gasteiger partial charge in [-0.3, -0.25) is 9.59 Å². The van der Waals surface area contributed by atoms with E-state index in [1.54, 1.807) is 23.9 Å². The Morgan fingerprint density at radius 1 is 0.971 bits per heavy atom. The second-order valence-electron chi connectivity index (χ2n) is 7.74. The van der Waals surface area contributed by atoms with Crippen LogP contribution in [0, 0.1) is 0 Å². The number of hydrogen-bond acceptors (Lipinski definition) is 8. The molecule has 0 spiro atoms. The summed E-state index contributed by atoms with van der Waals surface area (Å²) in [4.78, 5) is 35.9. The predicted octanol–water partition coefficient (Wildman–Crippen LogP) is -0.184. The van der Waals surface area contributed by atoms with E-state index in [1.165, 1.54) is 36.6 Å². The molecule has 1 saturated heterocycles. The van der Waals surface area contributed by atoms with E-state index in [0.29, 0.717) is 29.9 Å². The molecule has 0 radical (unpaired) electrons. The molecule has 5 rings (SSSR count). The first-order chi connectivity index (χ1) is 16.0. The first kappa shape index (κ1) is 32.0. The minimum absolute atomic E-state index is 0. The van der Waals surface area contributed by atoms with Gasteiger partial charge in [0.15, 0.2) is 17.4 Å². The van der Waals surface area contributed by atoms with E-state index >= 15 is 0 Å². The predicted molar refractivity (Wildman–Crippen MR) is 140 cm³/mol. The van der Waals surface area contributed by atoms with Crippen molar-refractivity contribution in [3.63, 3.8) is 0 Å². The van der Waals surface area contributed by atoms with Gasteiger partial charge in [-0.15, -0.1) is 23.5 Å². The van der Waals surface area contributed by atoms with E-state index in [4.69, 9.17) is 9.84 Å². The number of carbonyl (C=O) groups excluding carboxylic acids is 3. The average Bonchev–Trinajstić information content (AvgIpc) is 3.43. The first-order valence-electron chi connectivity index (χ1n) is 10.8. The Balaban J connectivity index is 0.000000536. The molecule has 0 aromatic heterocycles. The Kier molecular flexibility index (Phi) is 15.3. The van der Waals surface area contributed by atoms with Gasteiger partial charge >= 0.3 is 24.8 Å². The zero-order valence-electron chi connectivity index (χ0n) is 20.6. The third-order valence-corrected chi connectivity index (χ3v) is 7.52. The number of thioether (sulfide) groups is 2. The van der Waals surface area contributed by atoms with Crippen LogP contribution in [0.3, 0.4) is 0 Å². The van der Waals surface area contributed by atoms with Gasteiger partial charge in [0, 0.05) is 35.8 Å². The molecule has 0 bridgehead atoms. The van der Waals surface area contributed by atoms with Gasteiger partial charge in [0.25, 0.3) is 0 Å². The van der Waals surface area contributed by atoms with Crippen LogP contribution in [-0.4, -0.2) is 71.8 Å². The number of fused-ring (bicyclic) bond motifs is 2. The van der Waals surface area contributed by atoms with E-state index in [2.05, 4.69) is 4.74 Å². The molecule has 1 N–H and O–H groups in total. The number of carbonyl (C=O) groups is 3. The van der Waals surface area contributed by atoms with Gasteiger partial charge < -0.3 is 16.0 Å². The fraction of sp³-hybridized carbons (Fsp3) is 0.400. The largest absolute Gasteiger partial charge is 1.00 e. The van der Waals surface area contributed by atoms with E-state index in [-0.39, 0.29) is 61.8 Å². The maximum absolute atomic E-state index is 11.3. The van der Waals surface area contributed by atoms with Gasteiger partial charge in [-0.05, 0) is 53.8 Å². The Morgan fingerprint density at radius 3 is 2.00 bits per heavy atom. The van der Waals surface area contributed by atoms with Crippen molar-refractivity contribution in [3.8, 4) is 0 Å². The molecule has 0 saturated carbocycles. The molecule has 2 aromatic rings. The number of esters is 1. The number of aliphatic hydroxyl groups excluding tert-OH is 1. The molecular formula is C25H32AlLiO6S2. The normalized spacial score (nSPS) is 15.5. The van der Waals surface area contributed by atoms with Crippen molar-refractivity contribution < 1.29 is 49.3 Å². The summed E-state index contributed by atoms with van der Waals surface area (Å²) in [6, 6.07) is 11.1. The fourth-order valence-electron chi connectivity index (χ4n) is 3.47. The molecule has 184 valence electrons. The number of ketones is 2. The van der Waals surface area contributed by atoms with Gasteiger partial charge in [-0.2, -0.15) is 0 Å². The van der Waals surface area contributed by atoms with Crippen LogP contribution in [0.2, 0.25) is 0 Å². The summed E-state index contributed by atoms with van der Waals surface area (Å²) in [6.07, 6.45) is 3.50. The summed E-state index contributed by atoms with van der Waals surface area (Å²) in [6.45, 7) is 2.05. The van der Waals surface area contributed by atoms with E-state index < -0.39 is 0 Å². The van der Waals surface area contributed by atoms with Crippen LogP contribution >= 0.6 is 23.5 Å². The number of benzene rings is 2. The van der Waals surface area contributed by atoms with Gasteiger partial charge in [0.05, 0.1) is 30.8 Å². The molecule has 3 heterocycles. The van der Waals surface area contributed by atoms with Crippen molar-refractivity contribution in [2.75, 3.05) is 31.8 Å². The van der Waals surface area contributed by atoms with E-state index in [0.717, 1.165) is 34.8 Å². The van der Waals surface area contributed by atoms with Crippen molar-refractivity contribution in [1.82, 2.24) is 0 Å². The fourth-order valence-corrected chi connectivity index (χ4v) is 5.27. The van der Waals surface area contributed by atoms with Crippen LogP contribution in [0.5, 0.6) is 0 Å². The zero-order valence-corrected chi connectivity index (χ0v) is 21.3. The Labute approximate surface area is 239 Å². The summed E-state index contributed by atoms with van der Waals surface area (Å²) in [5, 5.41) is 8.91. The number of ether oxygens (including phenoxy) is 2.